The SMILES string of the molecule is CSC1CCC(NC(=O)c2ccc(F)cc2C#CCO)C1. The largest absolute Gasteiger partial charge is 0.384 e. The third-order valence-electron chi connectivity index (χ3n) is 3.58. The van der Waals surface area contributed by atoms with E-state index in [1.54, 1.807) is 0 Å². The third-order valence-corrected chi connectivity index (χ3v) is 4.68. The highest BCUT2D eigenvalue weighted by atomic mass is 32.2. The average Bonchev–Trinajstić information content (AvgIpc) is 2.92. The van der Waals surface area contributed by atoms with Gasteiger partial charge in [0, 0.05) is 16.9 Å². The average molecular weight is 307 g/mol. The van der Waals surface area contributed by atoms with Gasteiger partial charge in [-0.1, -0.05) is 11.8 Å². The van der Waals surface area contributed by atoms with E-state index in [-0.39, 0.29) is 18.6 Å². The summed E-state index contributed by atoms with van der Waals surface area (Å²) in [5.74, 6) is 4.40. The summed E-state index contributed by atoms with van der Waals surface area (Å²) >= 11 is 1.82. The molecular weight excluding hydrogens is 289 g/mol. The van der Waals surface area contributed by atoms with Gasteiger partial charge >= 0.3 is 0 Å². The topological polar surface area (TPSA) is 49.3 Å². The molecule has 5 heteroatoms. The van der Waals surface area contributed by atoms with E-state index < -0.39 is 5.82 Å². The van der Waals surface area contributed by atoms with E-state index in [9.17, 15) is 9.18 Å². The molecule has 0 heterocycles. The van der Waals surface area contributed by atoms with Crippen LogP contribution in [0.2, 0.25) is 0 Å². The van der Waals surface area contributed by atoms with Gasteiger partial charge in [0.15, 0.2) is 0 Å². The van der Waals surface area contributed by atoms with Crippen molar-refractivity contribution in [3.8, 4) is 11.8 Å². The molecule has 1 amide bonds. The minimum atomic E-state index is -0.447. The summed E-state index contributed by atoms with van der Waals surface area (Å²) in [6, 6.07) is 4.07. The van der Waals surface area contributed by atoms with Crippen LogP contribution in [0.25, 0.3) is 0 Å². The van der Waals surface area contributed by atoms with Crippen LogP contribution in [0.15, 0.2) is 18.2 Å². The lowest BCUT2D eigenvalue weighted by Gasteiger charge is -2.13. The molecule has 1 aliphatic rings. The molecule has 2 unspecified atom stereocenters. The number of carbonyl (C=O) groups is 1. The Morgan fingerprint density at radius 2 is 2.33 bits per heavy atom. The molecule has 112 valence electrons. The maximum atomic E-state index is 13.3. The summed E-state index contributed by atoms with van der Waals surface area (Å²) in [7, 11) is 0. The Morgan fingerprint density at radius 3 is 3.00 bits per heavy atom. The van der Waals surface area contributed by atoms with Crippen molar-refractivity contribution in [1.29, 1.82) is 0 Å². The molecule has 2 rings (SSSR count). The van der Waals surface area contributed by atoms with Crippen molar-refractivity contribution < 1.29 is 14.3 Å². The maximum absolute atomic E-state index is 13.3. The Bertz CT molecular complexity index is 579. The summed E-state index contributed by atoms with van der Waals surface area (Å²) in [6.07, 6.45) is 5.12. The van der Waals surface area contributed by atoms with E-state index in [4.69, 9.17) is 5.11 Å². The lowest BCUT2D eigenvalue weighted by atomic mass is 10.1. The second-order valence-electron chi connectivity index (χ2n) is 4.99. The van der Waals surface area contributed by atoms with Gasteiger partial charge in [0.05, 0.1) is 5.56 Å². The van der Waals surface area contributed by atoms with Crippen molar-refractivity contribution in [1.82, 2.24) is 5.32 Å². The summed E-state index contributed by atoms with van der Waals surface area (Å²) in [5, 5.41) is 12.3. The van der Waals surface area contributed by atoms with E-state index >= 15 is 0 Å². The van der Waals surface area contributed by atoms with Crippen LogP contribution in [0.1, 0.15) is 35.2 Å². The number of aliphatic hydroxyl groups excluding tert-OH is 1. The standard InChI is InChI=1S/C16H18FNO2S/c1-21-14-6-5-13(10-14)18-16(20)15-7-4-12(17)9-11(15)3-2-8-19/h4,7,9,13-14,19H,5-6,8,10H2,1H3,(H,18,20). The van der Waals surface area contributed by atoms with Gasteiger partial charge in [-0.3, -0.25) is 4.79 Å². The second kappa shape index (κ2) is 7.48. The van der Waals surface area contributed by atoms with E-state index in [1.807, 2.05) is 11.8 Å². The Morgan fingerprint density at radius 1 is 1.52 bits per heavy atom. The van der Waals surface area contributed by atoms with E-state index in [0.717, 1.165) is 19.3 Å². The number of hydrogen-bond acceptors (Lipinski definition) is 3. The number of rotatable bonds is 3. The van der Waals surface area contributed by atoms with Crippen molar-refractivity contribution in [2.24, 2.45) is 0 Å². The van der Waals surface area contributed by atoms with Crippen molar-refractivity contribution >= 4 is 17.7 Å². The smallest absolute Gasteiger partial charge is 0.252 e. The molecule has 0 aliphatic heterocycles. The van der Waals surface area contributed by atoms with Gasteiger partial charge < -0.3 is 10.4 Å². The fourth-order valence-electron chi connectivity index (χ4n) is 2.50. The van der Waals surface area contributed by atoms with Crippen LogP contribution in [0.4, 0.5) is 4.39 Å². The van der Waals surface area contributed by atoms with Crippen LogP contribution in [0.5, 0.6) is 0 Å². The lowest BCUT2D eigenvalue weighted by Crippen LogP contribution is -2.33. The Kier molecular flexibility index (Phi) is 5.66. The zero-order valence-corrected chi connectivity index (χ0v) is 12.7. The lowest BCUT2D eigenvalue weighted by molar-refractivity contribution is 0.0937. The second-order valence-corrected chi connectivity index (χ2v) is 6.13. The van der Waals surface area contributed by atoms with Crippen LogP contribution in [0.3, 0.4) is 0 Å². The zero-order valence-electron chi connectivity index (χ0n) is 11.9. The van der Waals surface area contributed by atoms with Crippen molar-refractivity contribution in [2.75, 3.05) is 12.9 Å². The van der Waals surface area contributed by atoms with Gasteiger partial charge in [-0.25, -0.2) is 4.39 Å². The van der Waals surface area contributed by atoms with Crippen molar-refractivity contribution in [3.05, 3.63) is 35.1 Å². The number of aliphatic hydroxyl groups is 1. The highest BCUT2D eigenvalue weighted by molar-refractivity contribution is 7.99. The van der Waals surface area contributed by atoms with Crippen molar-refractivity contribution in [2.45, 2.75) is 30.6 Å². The van der Waals surface area contributed by atoms with Gasteiger partial charge in [-0.15, -0.1) is 0 Å². The molecule has 0 bridgehead atoms. The predicted octanol–water partition coefficient (Wildman–Crippen LogP) is 2.18. The highest BCUT2D eigenvalue weighted by Crippen LogP contribution is 2.28. The first kappa shape index (κ1) is 15.9. The van der Waals surface area contributed by atoms with Gasteiger partial charge in [0.25, 0.3) is 5.91 Å². The minimum absolute atomic E-state index is 0.165. The molecule has 0 radical (unpaired) electrons. The molecule has 2 atom stereocenters. The molecule has 2 N–H and O–H groups in total. The molecule has 21 heavy (non-hydrogen) atoms. The van der Waals surface area contributed by atoms with Gasteiger partial charge in [0.2, 0.25) is 0 Å². The molecular formula is C16H18FNO2S. The number of amides is 1. The Balaban J connectivity index is 2.12. The number of nitrogens with one attached hydrogen (secondary N) is 1. The Hall–Kier alpha value is -1.51. The molecule has 0 saturated heterocycles. The number of halogens is 1. The summed E-state index contributed by atoms with van der Waals surface area (Å²) in [5.41, 5.74) is 0.658. The fraction of sp³-hybridized carbons (Fsp3) is 0.438. The molecule has 1 saturated carbocycles. The molecule has 1 aromatic rings. The van der Waals surface area contributed by atoms with Gasteiger partial charge in [-0.2, -0.15) is 11.8 Å². The van der Waals surface area contributed by atoms with E-state index in [0.29, 0.717) is 16.4 Å². The molecule has 1 aromatic carbocycles. The third kappa shape index (κ3) is 4.23. The highest BCUT2D eigenvalue weighted by Gasteiger charge is 2.26. The van der Waals surface area contributed by atoms with Gasteiger partial charge in [0.1, 0.15) is 12.4 Å². The first-order chi connectivity index (χ1) is 10.1. The van der Waals surface area contributed by atoms with Crippen LogP contribution >= 0.6 is 11.8 Å². The monoisotopic (exact) mass is 307 g/mol. The van der Waals surface area contributed by atoms with Gasteiger partial charge in [-0.05, 0) is 43.7 Å². The van der Waals surface area contributed by atoms with Crippen LogP contribution in [-0.4, -0.2) is 35.2 Å². The first-order valence-electron chi connectivity index (χ1n) is 6.87. The van der Waals surface area contributed by atoms with E-state index in [2.05, 4.69) is 23.4 Å². The van der Waals surface area contributed by atoms with Crippen LogP contribution < -0.4 is 5.32 Å². The maximum Gasteiger partial charge on any atom is 0.252 e. The number of benzene rings is 1. The predicted molar refractivity (Wildman–Crippen MR) is 82.8 cm³/mol. The van der Waals surface area contributed by atoms with Crippen LogP contribution in [0, 0.1) is 17.7 Å². The van der Waals surface area contributed by atoms with Crippen LogP contribution in [-0.2, 0) is 0 Å². The fourth-order valence-corrected chi connectivity index (χ4v) is 3.30. The minimum Gasteiger partial charge on any atom is -0.384 e. The first-order valence-corrected chi connectivity index (χ1v) is 8.15. The Labute approximate surface area is 128 Å². The molecule has 1 aliphatic carbocycles. The quantitative estimate of drug-likeness (QED) is 0.842. The summed E-state index contributed by atoms with van der Waals surface area (Å²) in [6.45, 7) is -0.324. The molecule has 3 nitrogen and oxygen atoms in total. The number of hydrogen-bond donors (Lipinski definition) is 2. The molecule has 0 aromatic heterocycles. The molecule has 1 fully saturated rings. The van der Waals surface area contributed by atoms with Crippen molar-refractivity contribution in [3.63, 3.8) is 0 Å². The summed E-state index contributed by atoms with van der Waals surface area (Å²) in [4.78, 5) is 12.3. The number of thioether (sulfide) groups is 1. The van der Waals surface area contributed by atoms with E-state index in [1.165, 1.54) is 18.2 Å². The number of carbonyl (C=O) groups excluding carboxylic acids is 1. The zero-order chi connectivity index (χ0) is 15.2. The normalized spacial score (nSPS) is 20.7. The molecule has 0 spiro atoms. The summed E-state index contributed by atoms with van der Waals surface area (Å²) < 4.78 is 13.3.